The van der Waals surface area contributed by atoms with E-state index in [2.05, 4.69) is 31.5 Å². The molecule has 0 heterocycles. The summed E-state index contributed by atoms with van der Waals surface area (Å²) >= 11 is 0. The predicted octanol–water partition coefficient (Wildman–Crippen LogP) is -1.85. The zero-order valence-corrected chi connectivity index (χ0v) is 6.15. The number of hydrogen-bond donors (Lipinski definition) is 2. The Balaban J connectivity index is 2.72. The van der Waals surface area contributed by atoms with Gasteiger partial charge in [0, 0.05) is 0 Å². The molecule has 0 saturated carbocycles. The first-order valence-corrected chi connectivity index (χ1v) is 3.38. The lowest BCUT2D eigenvalue weighted by Gasteiger charge is -2.00. The highest BCUT2D eigenvalue weighted by Crippen LogP contribution is 1.58. The lowest BCUT2D eigenvalue weighted by molar-refractivity contribution is -0.728. The molecule has 2 nitrogen and oxygen atoms in total. The van der Waals surface area contributed by atoms with Crippen LogP contribution in [-0.4, -0.2) is 26.2 Å². The molecule has 0 aromatic rings. The molecule has 0 aliphatic heterocycles. The van der Waals surface area contributed by atoms with Crippen molar-refractivity contribution in [2.24, 2.45) is 0 Å². The van der Waals surface area contributed by atoms with Crippen molar-refractivity contribution in [2.75, 3.05) is 20.1 Å². The molecule has 0 radical (unpaired) electrons. The normalized spacial score (nSPS) is 10.5. The summed E-state index contributed by atoms with van der Waals surface area (Å²) in [5.74, 6) is 0. The fourth-order valence-electron chi connectivity index (χ4n) is 0.596. The van der Waals surface area contributed by atoms with E-state index >= 15 is 0 Å². The second-order valence-electron chi connectivity index (χ2n) is 2.47. The van der Waals surface area contributed by atoms with Gasteiger partial charge in [-0.25, -0.2) is 0 Å². The molecule has 0 amide bonds. The molecule has 0 bridgehead atoms. The van der Waals surface area contributed by atoms with Gasteiger partial charge in [0.2, 0.25) is 0 Å². The van der Waals surface area contributed by atoms with Crippen molar-refractivity contribution in [1.82, 2.24) is 0 Å². The van der Waals surface area contributed by atoms with E-state index in [4.69, 9.17) is 0 Å². The lowest BCUT2D eigenvalue weighted by Crippen LogP contribution is -2.95. The highest BCUT2D eigenvalue weighted by atomic mass is 14.9. The highest BCUT2D eigenvalue weighted by molar-refractivity contribution is 4.25. The summed E-state index contributed by atoms with van der Waals surface area (Å²) in [5, 5.41) is 4.55. The first-order valence-electron chi connectivity index (χ1n) is 3.38. The Morgan fingerprint density at radius 3 is 2.25 bits per heavy atom. The SMILES string of the molecule is C[NH2+]CC[NH2+]C(C)C. The molecular weight excluding hydrogens is 100 g/mol. The van der Waals surface area contributed by atoms with Gasteiger partial charge in [-0.1, -0.05) is 0 Å². The molecule has 0 aliphatic carbocycles. The Morgan fingerprint density at radius 1 is 1.25 bits per heavy atom. The summed E-state index contributed by atoms with van der Waals surface area (Å²) in [5.41, 5.74) is 0. The van der Waals surface area contributed by atoms with E-state index in [0.717, 1.165) is 6.04 Å². The van der Waals surface area contributed by atoms with Gasteiger partial charge in [-0.05, 0) is 13.8 Å². The Labute approximate surface area is 51.7 Å². The van der Waals surface area contributed by atoms with Crippen LogP contribution in [0.1, 0.15) is 13.8 Å². The predicted molar refractivity (Wildman–Crippen MR) is 34.6 cm³/mol. The monoisotopic (exact) mass is 118 g/mol. The maximum Gasteiger partial charge on any atom is 0.125 e. The Kier molecular flexibility index (Phi) is 5.01. The van der Waals surface area contributed by atoms with Crippen molar-refractivity contribution in [1.29, 1.82) is 0 Å². The van der Waals surface area contributed by atoms with Gasteiger partial charge in [-0.2, -0.15) is 0 Å². The molecule has 0 spiro atoms. The van der Waals surface area contributed by atoms with Crippen molar-refractivity contribution in [3.63, 3.8) is 0 Å². The average molecular weight is 118 g/mol. The van der Waals surface area contributed by atoms with Gasteiger partial charge in [0.15, 0.2) is 0 Å². The largest absolute Gasteiger partial charge is 0.344 e. The second kappa shape index (κ2) is 5.06. The molecule has 0 atom stereocenters. The standard InChI is InChI=1S/C6H16N2/c1-6(2)8-5-4-7-3/h6-8H,4-5H2,1-3H3/p+2. The number of rotatable bonds is 4. The molecule has 0 fully saturated rings. The van der Waals surface area contributed by atoms with Crippen molar-refractivity contribution in [3.05, 3.63) is 0 Å². The van der Waals surface area contributed by atoms with E-state index < -0.39 is 0 Å². The van der Waals surface area contributed by atoms with Crippen LogP contribution in [0.15, 0.2) is 0 Å². The first kappa shape index (κ1) is 7.92. The molecule has 0 aromatic carbocycles. The van der Waals surface area contributed by atoms with Crippen molar-refractivity contribution >= 4 is 0 Å². The maximum atomic E-state index is 2.35. The average Bonchev–Trinajstić information content (AvgIpc) is 1.66. The Bertz CT molecular complexity index is 43.8. The maximum absolute atomic E-state index is 2.35. The highest BCUT2D eigenvalue weighted by Gasteiger charge is 1.93. The lowest BCUT2D eigenvalue weighted by atomic mass is 10.4. The minimum atomic E-state index is 0.759. The van der Waals surface area contributed by atoms with E-state index in [0.29, 0.717) is 0 Å². The summed E-state index contributed by atoms with van der Waals surface area (Å²) in [6, 6.07) is 0.759. The zero-order chi connectivity index (χ0) is 6.41. The third-order valence-corrected chi connectivity index (χ3v) is 1.09. The summed E-state index contributed by atoms with van der Waals surface area (Å²) in [6.45, 7) is 6.91. The molecule has 4 N–H and O–H groups in total. The minimum absolute atomic E-state index is 0.759. The number of hydrogen-bond acceptors (Lipinski definition) is 0. The van der Waals surface area contributed by atoms with Crippen LogP contribution < -0.4 is 10.6 Å². The number of likely N-dealkylation sites (N-methyl/N-ethyl adjacent to an activating group) is 1. The van der Waals surface area contributed by atoms with E-state index in [-0.39, 0.29) is 0 Å². The molecular formula is C6H18N2+2. The molecule has 2 heteroatoms. The number of nitrogens with two attached hydrogens (primary N) is 2. The molecule has 0 rings (SSSR count). The van der Waals surface area contributed by atoms with Crippen LogP contribution in [0, 0.1) is 0 Å². The molecule has 0 unspecified atom stereocenters. The van der Waals surface area contributed by atoms with Gasteiger partial charge in [-0.3, -0.25) is 0 Å². The van der Waals surface area contributed by atoms with Gasteiger partial charge in [0.05, 0.1) is 13.1 Å². The minimum Gasteiger partial charge on any atom is -0.344 e. The topological polar surface area (TPSA) is 33.2 Å². The summed E-state index contributed by atoms with van der Waals surface area (Å²) in [7, 11) is 2.11. The van der Waals surface area contributed by atoms with Gasteiger partial charge in [-0.15, -0.1) is 0 Å². The smallest absolute Gasteiger partial charge is 0.125 e. The number of quaternary nitrogens is 2. The quantitative estimate of drug-likeness (QED) is 0.406. The fraction of sp³-hybridized carbons (Fsp3) is 1.00. The third-order valence-electron chi connectivity index (χ3n) is 1.09. The Morgan fingerprint density at radius 2 is 1.88 bits per heavy atom. The second-order valence-corrected chi connectivity index (χ2v) is 2.47. The molecule has 8 heavy (non-hydrogen) atoms. The van der Waals surface area contributed by atoms with Crippen LogP contribution in [0.2, 0.25) is 0 Å². The summed E-state index contributed by atoms with van der Waals surface area (Å²) in [4.78, 5) is 0. The van der Waals surface area contributed by atoms with Crippen LogP contribution >= 0.6 is 0 Å². The van der Waals surface area contributed by atoms with Crippen molar-refractivity contribution in [3.8, 4) is 0 Å². The summed E-state index contributed by atoms with van der Waals surface area (Å²) in [6.07, 6.45) is 0. The van der Waals surface area contributed by atoms with Crippen LogP contribution in [0.3, 0.4) is 0 Å². The fourth-order valence-corrected chi connectivity index (χ4v) is 0.596. The third kappa shape index (κ3) is 5.92. The summed E-state index contributed by atoms with van der Waals surface area (Å²) < 4.78 is 0. The van der Waals surface area contributed by atoms with Crippen LogP contribution in [0.25, 0.3) is 0 Å². The van der Waals surface area contributed by atoms with E-state index in [1.54, 1.807) is 0 Å². The van der Waals surface area contributed by atoms with Crippen molar-refractivity contribution < 1.29 is 10.6 Å². The van der Waals surface area contributed by atoms with Crippen LogP contribution in [0.4, 0.5) is 0 Å². The van der Waals surface area contributed by atoms with Crippen LogP contribution in [-0.2, 0) is 0 Å². The van der Waals surface area contributed by atoms with E-state index in [1.807, 2.05) is 0 Å². The zero-order valence-electron chi connectivity index (χ0n) is 6.15. The molecule has 0 aromatic heterocycles. The van der Waals surface area contributed by atoms with E-state index in [9.17, 15) is 0 Å². The van der Waals surface area contributed by atoms with E-state index in [1.165, 1.54) is 13.1 Å². The van der Waals surface area contributed by atoms with Gasteiger partial charge >= 0.3 is 0 Å². The molecule has 50 valence electrons. The van der Waals surface area contributed by atoms with Gasteiger partial charge in [0.1, 0.15) is 13.1 Å². The van der Waals surface area contributed by atoms with Crippen LogP contribution in [0.5, 0.6) is 0 Å². The van der Waals surface area contributed by atoms with Crippen molar-refractivity contribution in [2.45, 2.75) is 19.9 Å². The first-order chi connectivity index (χ1) is 3.77. The van der Waals surface area contributed by atoms with Gasteiger partial charge < -0.3 is 10.6 Å². The van der Waals surface area contributed by atoms with Gasteiger partial charge in [0.25, 0.3) is 0 Å². The molecule has 0 saturated heterocycles. The Hall–Kier alpha value is -0.0800. The molecule has 0 aliphatic rings.